The number of carbonyl (C=O) groups is 1. The maximum Gasteiger partial charge on any atom is 0.460 e. The van der Waals surface area contributed by atoms with Crippen LogP contribution in [-0.2, 0) is 11.4 Å². The van der Waals surface area contributed by atoms with Crippen molar-refractivity contribution in [3.63, 3.8) is 0 Å². The molecule has 5 nitrogen and oxygen atoms in total. The molecule has 164 valence electrons. The van der Waals surface area contributed by atoms with Crippen LogP contribution in [0.15, 0.2) is 53.6 Å². The Morgan fingerprint density at radius 1 is 1.03 bits per heavy atom. The van der Waals surface area contributed by atoms with Crippen LogP contribution in [-0.4, -0.2) is 30.1 Å². The van der Waals surface area contributed by atoms with Crippen molar-refractivity contribution in [1.29, 1.82) is 5.26 Å². The molecule has 0 saturated carbocycles. The Bertz CT molecular complexity index is 997. The van der Waals surface area contributed by atoms with E-state index >= 15 is 0 Å². The SMILES string of the molecule is N#Cc1ccccc1COc1ccc(/C=N\NC(=O)C(F)(F)C(F)(F)C(F)(F)F)cc1. The molecule has 0 aliphatic carbocycles. The molecule has 0 heterocycles. The van der Waals surface area contributed by atoms with Gasteiger partial charge in [-0.2, -0.15) is 41.1 Å². The fourth-order valence-electron chi connectivity index (χ4n) is 2.12. The van der Waals surface area contributed by atoms with E-state index in [1.54, 1.807) is 24.3 Å². The van der Waals surface area contributed by atoms with Gasteiger partial charge in [-0.3, -0.25) is 4.79 Å². The summed E-state index contributed by atoms with van der Waals surface area (Å²) in [6.07, 6.45) is -5.87. The standard InChI is InChI=1S/C19H12F7N3O2/c20-17(21,18(22,23)19(24,25)26)16(30)29-28-10-12-5-7-15(8-6-12)31-11-14-4-2-1-3-13(14)9-27/h1-8,10H,11H2,(H,29,30)/b28-10-. The van der Waals surface area contributed by atoms with E-state index in [-0.39, 0.29) is 12.2 Å². The van der Waals surface area contributed by atoms with E-state index in [9.17, 15) is 35.5 Å². The van der Waals surface area contributed by atoms with E-state index in [1.165, 1.54) is 24.3 Å². The highest BCUT2D eigenvalue weighted by molar-refractivity contribution is 5.87. The molecule has 2 aromatic carbocycles. The van der Waals surface area contributed by atoms with Crippen molar-refractivity contribution < 1.29 is 40.3 Å². The number of nitriles is 1. The first-order valence-corrected chi connectivity index (χ1v) is 8.27. The molecule has 0 unspecified atom stereocenters. The largest absolute Gasteiger partial charge is 0.489 e. The molecule has 0 atom stereocenters. The lowest BCUT2D eigenvalue weighted by molar-refractivity contribution is -0.344. The number of rotatable bonds is 7. The minimum Gasteiger partial charge on any atom is -0.489 e. The molecular formula is C19H12F7N3O2. The van der Waals surface area contributed by atoms with Gasteiger partial charge in [0.25, 0.3) is 0 Å². The van der Waals surface area contributed by atoms with Crippen LogP contribution >= 0.6 is 0 Å². The molecule has 2 aromatic rings. The van der Waals surface area contributed by atoms with E-state index in [0.29, 0.717) is 16.9 Å². The summed E-state index contributed by atoms with van der Waals surface area (Å²) in [5.41, 5.74) is 2.21. The minimum absolute atomic E-state index is 0.0791. The number of hydrogen-bond acceptors (Lipinski definition) is 4. The predicted octanol–water partition coefficient (Wildman–Crippen LogP) is 4.42. The summed E-state index contributed by atoms with van der Waals surface area (Å²) in [6.45, 7) is 0.0791. The third-order valence-corrected chi connectivity index (χ3v) is 3.83. The van der Waals surface area contributed by atoms with Gasteiger partial charge in [-0.15, -0.1) is 0 Å². The molecule has 0 spiro atoms. The first-order valence-electron chi connectivity index (χ1n) is 8.27. The van der Waals surface area contributed by atoms with Crippen molar-refractivity contribution in [2.45, 2.75) is 24.6 Å². The van der Waals surface area contributed by atoms with Crippen molar-refractivity contribution in [3.8, 4) is 11.8 Å². The number of ether oxygens (including phenoxy) is 1. The Kier molecular flexibility index (Phi) is 6.89. The van der Waals surface area contributed by atoms with Gasteiger partial charge in [0, 0.05) is 5.56 Å². The third-order valence-electron chi connectivity index (χ3n) is 3.83. The molecule has 0 fully saturated rings. The summed E-state index contributed by atoms with van der Waals surface area (Å²) < 4.78 is 93.5. The van der Waals surface area contributed by atoms with Crippen molar-refractivity contribution in [2.75, 3.05) is 0 Å². The van der Waals surface area contributed by atoms with E-state index in [2.05, 4.69) is 5.10 Å². The minimum atomic E-state index is -6.62. The van der Waals surface area contributed by atoms with Gasteiger partial charge in [0.05, 0.1) is 17.8 Å². The monoisotopic (exact) mass is 447 g/mol. The van der Waals surface area contributed by atoms with Gasteiger partial charge < -0.3 is 4.74 Å². The smallest absolute Gasteiger partial charge is 0.460 e. The predicted molar refractivity (Wildman–Crippen MR) is 93.6 cm³/mol. The number of amides is 1. The van der Waals surface area contributed by atoms with E-state index in [1.807, 2.05) is 6.07 Å². The maximum absolute atomic E-state index is 13.2. The molecule has 0 aromatic heterocycles. The maximum atomic E-state index is 13.2. The summed E-state index contributed by atoms with van der Waals surface area (Å²) in [5, 5.41) is 12.0. The second-order valence-corrected chi connectivity index (χ2v) is 5.97. The molecule has 31 heavy (non-hydrogen) atoms. The lowest BCUT2D eigenvalue weighted by atomic mass is 10.1. The van der Waals surface area contributed by atoms with Crippen molar-refractivity contribution >= 4 is 12.1 Å². The number of halogens is 7. The summed E-state index contributed by atoms with van der Waals surface area (Å²) in [4.78, 5) is 11.1. The first-order chi connectivity index (χ1) is 14.4. The Morgan fingerprint density at radius 2 is 1.65 bits per heavy atom. The average molecular weight is 447 g/mol. The fraction of sp³-hybridized carbons (Fsp3) is 0.211. The van der Waals surface area contributed by atoms with E-state index in [0.717, 1.165) is 11.6 Å². The number of carbonyl (C=O) groups excluding carboxylic acids is 1. The number of hydrazone groups is 1. The number of alkyl halides is 7. The molecule has 0 saturated heterocycles. The van der Waals surface area contributed by atoms with Gasteiger partial charge >= 0.3 is 23.9 Å². The van der Waals surface area contributed by atoms with Gasteiger partial charge in [0.15, 0.2) is 0 Å². The van der Waals surface area contributed by atoms with Gasteiger partial charge in [-0.05, 0) is 35.9 Å². The molecule has 0 aliphatic heterocycles. The lowest BCUT2D eigenvalue weighted by Crippen LogP contribution is -2.58. The number of hydrogen-bond donors (Lipinski definition) is 1. The van der Waals surface area contributed by atoms with Crippen LogP contribution in [0.1, 0.15) is 16.7 Å². The van der Waals surface area contributed by atoms with Crippen LogP contribution in [0.5, 0.6) is 5.75 Å². The van der Waals surface area contributed by atoms with Crippen LogP contribution in [0.25, 0.3) is 0 Å². The summed E-state index contributed by atoms with van der Waals surface area (Å²) in [6, 6.07) is 14.3. The van der Waals surface area contributed by atoms with Crippen LogP contribution in [0.4, 0.5) is 30.7 Å². The summed E-state index contributed by atoms with van der Waals surface area (Å²) in [7, 11) is 0. The Hall–Kier alpha value is -3.62. The van der Waals surface area contributed by atoms with Crippen LogP contribution in [0.3, 0.4) is 0 Å². The highest BCUT2D eigenvalue weighted by Gasteiger charge is 2.76. The average Bonchev–Trinajstić information content (AvgIpc) is 2.72. The van der Waals surface area contributed by atoms with Gasteiger partial charge in [-0.25, -0.2) is 5.43 Å². The second kappa shape index (κ2) is 9.03. The summed E-state index contributed by atoms with van der Waals surface area (Å²) >= 11 is 0. The summed E-state index contributed by atoms with van der Waals surface area (Å²) in [5.74, 6) is -15.2. The Morgan fingerprint density at radius 3 is 2.23 bits per heavy atom. The molecule has 2 rings (SSSR count). The third kappa shape index (κ3) is 5.30. The molecule has 0 aliphatic rings. The Balaban J connectivity index is 1.97. The molecular weight excluding hydrogens is 435 g/mol. The fourth-order valence-corrected chi connectivity index (χ4v) is 2.12. The zero-order valence-corrected chi connectivity index (χ0v) is 15.3. The van der Waals surface area contributed by atoms with Gasteiger partial charge in [-0.1, -0.05) is 18.2 Å². The van der Waals surface area contributed by atoms with Crippen molar-refractivity contribution in [1.82, 2.24) is 5.43 Å². The second-order valence-electron chi connectivity index (χ2n) is 5.97. The van der Waals surface area contributed by atoms with Crippen molar-refractivity contribution in [2.24, 2.45) is 5.10 Å². The molecule has 0 radical (unpaired) electrons. The van der Waals surface area contributed by atoms with E-state index < -0.39 is 23.9 Å². The van der Waals surface area contributed by atoms with Crippen LogP contribution in [0.2, 0.25) is 0 Å². The number of nitrogens with one attached hydrogen (secondary N) is 1. The first kappa shape index (κ1) is 23.7. The zero-order valence-electron chi connectivity index (χ0n) is 15.3. The highest BCUT2D eigenvalue weighted by atomic mass is 19.4. The molecule has 12 heteroatoms. The number of benzene rings is 2. The lowest BCUT2D eigenvalue weighted by Gasteiger charge is -2.26. The molecule has 0 bridgehead atoms. The van der Waals surface area contributed by atoms with Crippen LogP contribution < -0.4 is 10.2 Å². The van der Waals surface area contributed by atoms with Crippen molar-refractivity contribution in [3.05, 3.63) is 65.2 Å². The van der Waals surface area contributed by atoms with Crippen LogP contribution in [0, 0.1) is 11.3 Å². The molecule has 1 N–H and O–H groups in total. The topological polar surface area (TPSA) is 74.5 Å². The van der Waals surface area contributed by atoms with Gasteiger partial charge in [0.2, 0.25) is 0 Å². The Labute approximate surface area is 170 Å². The molecule has 1 amide bonds. The normalized spacial score (nSPS) is 12.5. The van der Waals surface area contributed by atoms with Gasteiger partial charge in [0.1, 0.15) is 12.4 Å². The zero-order chi connectivity index (χ0) is 23.3. The number of nitrogens with zero attached hydrogens (tertiary/aromatic N) is 2. The highest BCUT2D eigenvalue weighted by Crippen LogP contribution is 2.46. The quantitative estimate of drug-likeness (QED) is 0.388. The van der Waals surface area contributed by atoms with E-state index in [4.69, 9.17) is 10.00 Å².